The fraction of sp³-hybridized carbons (Fsp3) is 0.190. The minimum Gasteiger partial charge on any atom is -0.497 e. The van der Waals surface area contributed by atoms with Crippen LogP contribution < -0.4 is 20.6 Å². The van der Waals surface area contributed by atoms with Gasteiger partial charge in [-0.15, -0.1) is 5.10 Å². The van der Waals surface area contributed by atoms with E-state index in [1.54, 1.807) is 12.1 Å². The molecular weight excluding hydrogens is 452 g/mol. The molecule has 4 rings (SSSR count). The number of methoxy groups -OCH3 is 1. The van der Waals surface area contributed by atoms with Crippen molar-refractivity contribution in [2.75, 3.05) is 12.9 Å². The van der Waals surface area contributed by atoms with Gasteiger partial charge in [0.15, 0.2) is 11.3 Å². The number of nitrogens with one attached hydrogen (secondary N) is 1. The minimum absolute atomic E-state index is 0.173. The summed E-state index contributed by atoms with van der Waals surface area (Å²) in [6.07, 6.45) is 3.51. The van der Waals surface area contributed by atoms with Gasteiger partial charge in [-0.05, 0) is 47.7 Å². The molecule has 8 heteroatoms. The van der Waals surface area contributed by atoms with Gasteiger partial charge in [-0.3, -0.25) is 15.1 Å². The minimum atomic E-state index is -0.417. The zero-order chi connectivity index (χ0) is 20.4. The number of rotatable bonds is 4. The van der Waals surface area contributed by atoms with Crippen LogP contribution in [0.15, 0.2) is 63.1 Å². The molecule has 0 saturated carbocycles. The van der Waals surface area contributed by atoms with Gasteiger partial charge in [0, 0.05) is 9.69 Å². The molecule has 0 radical (unpaired) electrons. The lowest BCUT2D eigenvalue weighted by molar-refractivity contribution is -0.116. The Hall–Kier alpha value is -2.58. The lowest BCUT2D eigenvalue weighted by atomic mass is 10.1. The Morgan fingerprint density at radius 2 is 2.07 bits per heavy atom. The Morgan fingerprint density at radius 3 is 2.79 bits per heavy atom. The Labute approximate surface area is 181 Å². The highest BCUT2D eigenvalue weighted by Crippen LogP contribution is 2.22. The first-order valence-corrected chi connectivity index (χ1v) is 10.9. The number of benzene rings is 2. The number of ether oxygens (including phenoxy) is 1. The lowest BCUT2D eigenvalue weighted by Gasteiger charge is -2.32. The Kier molecular flexibility index (Phi) is 5.73. The topological polar surface area (TPSA) is 66.3 Å². The molecule has 1 amide bonds. The fourth-order valence-electron chi connectivity index (χ4n) is 3.12. The summed E-state index contributed by atoms with van der Waals surface area (Å²) < 4.78 is 6.09. The number of carbonyl (C=O) groups is 1. The maximum atomic E-state index is 12.9. The van der Waals surface area contributed by atoms with E-state index in [-0.39, 0.29) is 5.91 Å². The summed E-state index contributed by atoms with van der Waals surface area (Å²) in [5.74, 6) is 1.44. The van der Waals surface area contributed by atoms with Gasteiger partial charge in [0.2, 0.25) is 0 Å². The van der Waals surface area contributed by atoms with Crippen LogP contribution in [-0.4, -0.2) is 35.1 Å². The van der Waals surface area contributed by atoms with E-state index < -0.39 is 6.17 Å². The van der Waals surface area contributed by atoms with E-state index in [0.29, 0.717) is 10.9 Å². The zero-order valence-electron chi connectivity index (χ0n) is 15.9. The van der Waals surface area contributed by atoms with Crippen molar-refractivity contribution >= 4 is 50.5 Å². The van der Waals surface area contributed by atoms with E-state index in [9.17, 15) is 4.79 Å². The maximum Gasteiger partial charge on any atom is 0.276 e. The van der Waals surface area contributed by atoms with Gasteiger partial charge >= 0.3 is 0 Å². The highest BCUT2D eigenvalue weighted by atomic mass is 79.9. The number of amidine groups is 1. The quantitative estimate of drug-likeness (QED) is 0.745. The largest absolute Gasteiger partial charge is 0.497 e. The summed E-state index contributed by atoms with van der Waals surface area (Å²) in [4.78, 5) is 17.7. The van der Waals surface area contributed by atoms with E-state index in [2.05, 4.69) is 26.3 Å². The number of nitrogens with zero attached hydrogens (tertiary/aromatic N) is 3. The lowest BCUT2D eigenvalue weighted by Crippen LogP contribution is -2.52. The van der Waals surface area contributed by atoms with Crippen molar-refractivity contribution in [3.8, 4) is 5.75 Å². The first-order chi connectivity index (χ1) is 14.1. The molecule has 0 aliphatic carbocycles. The summed E-state index contributed by atoms with van der Waals surface area (Å²) in [7, 11) is 1.64. The van der Waals surface area contributed by atoms with E-state index in [0.717, 1.165) is 32.1 Å². The van der Waals surface area contributed by atoms with Gasteiger partial charge in [0.25, 0.3) is 5.91 Å². The van der Waals surface area contributed by atoms with Crippen LogP contribution in [0, 0.1) is 0 Å². The number of hydrazone groups is 1. The number of amides is 1. The van der Waals surface area contributed by atoms with Gasteiger partial charge in [-0.1, -0.05) is 52.8 Å². The van der Waals surface area contributed by atoms with Gasteiger partial charge in [0.1, 0.15) is 11.4 Å². The van der Waals surface area contributed by atoms with Crippen molar-refractivity contribution in [2.45, 2.75) is 13.1 Å². The van der Waals surface area contributed by atoms with Crippen LogP contribution in [0.5, 0.6) is 5.75 Å². The second kappa shape index (κ2) is 8.42. The molecule has 2 heterocycles. The van der Waals surface area contributed by atoms with Gasteiger partial charge in [0.05, 0.1) is 12.5 Å². The third-order valence-corrected chi connectivity index (χ3v) is 5.70. The molecule has 6 nitrogen and oxygen atoms in total. The molecule has 1 atom stereocenters. The van der Waals surface area contributed by atoms with Crippen LogP contribution in [0.25, 0.3) is 11.8 Å². The molecule has 0 spiro atoms. The summed E-state index contributed by atoms with van der Waals surface area (Å²) in [6.45, 7) is 2.02. The fourth-order valence-corrected chi connectivity index (χ4v) is 4.06. The van der Waals surface area contributed by atoms with Crippen LogP contribution in [0.4, 0.5) is 0 Å². The van der Waals surface area contributed by atoms with Crippen molar-refractivity contribution in [3.05, 3.63) is 69.2 Å². The second-order valence-electron chi connectivity index (χ2n) is 6.32. The highest BCUT2D eigenvalue weighted by Gasteiger charge is 2.32. The van der Waals surface area contributed by atoms with E-state index in [4.69, 9.17) is 9.73 Å². The van der Waals surface area contributed by atoms with Gasteiger partial charge in [-0.2, -0.15) is 0 Å². The summed E-state index contributed by atoms with van der Waals surface area (Å²) in [5.41, 5.74) is 1.51. The van der Waals surface area contributed by atoms with Crippen molar-refractivity contribution in [1.29, 1.82) is 0 Å². The van der Waals surface area contributed by atoms with Gasteiger partial charge < -0.3 is 4.74 Å². The number of fused-ring (bicyclic) bond motifs is 2. The molecule has 1 N–H and O–H groups in total. The molecule has 29 heavy (non-hydrogen) atoms. The molecular formula is C21H19BrN4O2S. The standard InChI is InChI=1S/C21H19BrN4O2S/c1-3-29-21-24-20(27)19-16-12-14(22)7-10-17(16)23-18(26(19)25-21)11-6-13-4-8-15(28-2)9-5-13/h4-12,18H,3H2,1-2H3,(H,24,25,27)/b11-6+/t18-/m1/s1. The number of hydrogen-bond acceptors (Lipinski definition) is 6. The molecule has 0 saturated heterocycles. The van der Waals surface area contributed by atoms with Crippen LogP contribution in [0.1, 0.15) is 12.5 Å². The van der Waals surface area contributed by atoms with Crippen molar-refractivity contribution in [2.24, 2.45) is 10.1 Å². The van der Waals surface area contributed by atoms with E-state index >= 15 is 0 Å². The monoisotopic (exact) mass is 470 g/mol. The molecule has 148 valence electrons. The summed E-state index contributed by atoms with van der Waals surface area (Å²) in [6, 6.07) is 13.5. The number of halogens is 1. The first kappa shape index (κ1) is 19.7. The highest BCUT2D eigenvalue weighted by molar-refractivity contribution is 9.10. The predicted octanol–water partition coefficient (Wildman–Crippen LogP) is 2.69. The van der Waals surface area contributed by atoms with Crippen LogP contribution in [-0.2, 0) is 4.79 Å². The number of carbonyl (C=O) groups excluding carboxylic acids is 1. The normalized spacial score (nSPS) is 18.0. The van der Waals surface area contributed by atoms with Crippen LogP contribution >= 0.6 is 27.7 Å². The van der Waals surface area contributed by atoms with E-state index in [1.807, 2.05) is 61.5 Å². The van der Waals surface area contributed by atoms with Crippen LogP contribution in [0.2, 0.25) is 0 Å². The molecule has 2 aliphatic heterocycles. The maximum absolute atomic E-state index is 12.9. The number of hydrogen-bond donors (Lipinski definition) is 1. The molecule has 0 fully saturated rings. The van der Waals surface area contributed by atoms with Crippen molar-refractivity contribution < 1.29 is 9.53 Å². The van der Waals surface area contributed by atoms with E-state index in [1.165, 1.54) is 11.8 Å². The Morgan fingerprint density at radius 1 is 1.28 bits per heavy atom. The van der Waals surface area contributed by atoms with Crippen LogP contribution in [0.3, 0.4) is 0 Å². The molecule has 0 aromatic heterocycles. The average Bonchev–Trinajstić information content (AvgIpc) is 2.72. The molecule has 2 aromatic carbocycles. The zero-order valence-corrected chi connectivity index (χ0v) is 18.3. The Bertz CT molecular complexity index is 1130. The molecule has 2 aliphatic rings. The average molecular weight is 471 g/mol. The third-order valence-electron chi connectivity index (χ3n) is 4.46. The first-order valence-electron chi connectivity index (χ1n) is 9.11. The molecule has 2 aromatic rings. The Balaban J connectivity index is 1.78. The van der Waals surface area contributed by atoms with Crippen molar-refractivity contribution in [1.82, 2.24) is 10.3 Å². The second-order valence-corrected chi connectivity index (χ2v) is 8.49. The summed E-state index contributed by atoms with van der Waals surface area (Å²) in [5, 5.41) is 11.3. The smallest absolute Gasteiger partial charge is 0.276 e. The summed E-state index contributed by atoms with van der Waals surface area (Å²) >= 11 is 4.97. The molecule has 0 unspecified atom stereocenters. The predicted molar refractivity (Wildman–Crippen MR) is 120 cm³/mol. The number of thioether (sulfide) groups is 1. The SMILES string of the molecule is CCSC1=NN2C(=c3cc(Br)ccc3=N[C@H]2/C=C/c2ccc(OC)cc2)C(=O)N1. The van der Waals surface area contributed by atoms with Gasteiger partial charge in [-0.25, -0.2) is 5.01 Å². The van der Waals surface area contributed by atoms with Crippen molar-refractivity contribution in [3.63, 3.8) is 0 Å². The molecule has 0 bridgehead atoms. The third kappa shape index (κ3) is 4.09.